The predicted molar refractivity (Wildman–Crippen MR) is 129 cm³/mol. The van der Waals surface area contributed by atoms with Crippen molar-refractivity contribution < 1.29 is 0 Å². The third-order valence-electron chi connectivity index (χ3n) is 6.55. The first kappa shape index (κ1) is 19.6. The van der Waals surface area contributed by atoms with Crippen LogP contribution in [-0.2, 0) is 5.41 Å². The minimum atomic E-state index is -0.363. The summed E-state index contributed by atoms with van der Waals surface area (Å²) in [6, 6.07) is 32.6. The van der Waals surface area contributed by atoms with E-state index in [-0.39, 0.29) is 11.3 Å². The van der Waals surface area contributed by atoms with Gasteiger partial charge >= 0.3 is 0 Å². The number of allylic oxidation sites excluding steroid dienone is 3. The molecule has 0 aliphatic carbocycles. The van der Waals surface area contributed by atoms with Crippen molar-refractivity contribution in [1.29, 1.82) is 0 Å². The first-order valence-corrected chi connectivity index (χ1v) is 11.2. The summed E-state index contributed by atoms with van der Waals surface area (Å²) in [5.41, 5.74) is 3.47. The van der Waals surface area contributed by atoms with Gasteiger partial charge in [0.05, 0.1) is 5.41 Å². The van der Waals surface area contributed by atoms with Gasteiger partial charge in [-0.15, -0.1) is 0 Å². The molecule has 0 spiro atoms. The minimum absolute atomic E-state index is 0.0797. The van der Waals surface area contributed by atoms with Crippen LogP contribution >= 0.6 is 0 Å². The highest BCUT2D eigenvalue weighted by Gasteiger charge is 2.42. The van der Waals surface area contributed by atoms with Gasteiger partial charge in [-0.25, -0.2) is 4.99 Å². The van der Waals surface area contributed by atoms with Crippen LogP contribution in [0.2, 0.25) is 0 Å². The molecule has 2 heterocycles. The van der Waals surface area contributed by atoms with E-state index in [0.29, 0.717) is 0 Å². The van der Waals surface area contributed by atoms with Gasteiger partial charge in [0.1, 0.15) is 5.82 Å². The molecule has 31 heavy (non-hydrogen) atoms. The summed E-state index contributed by atoms with van der Waals surface area (Å²) in [4.78, 5) is 7.43. The van der Waals surface area contributed by atoms with Gasteiger partial charge in [-0.05, 0) is 35.6 Å². The lowest BCUT2D eigenvalue weighted by Gasteiger charge is -2.40. The van der Waals surface area contributed by atoms with Crippen molar-refractivity contribution in [3.63, 3.8) is 0 Å². The molecule has 154 valence electrons. The topological polar surface area (TPSA) is 15.6 Å². The summed E-state index contributed by atoms with van der Waals surface area (Å²) in [7, 11) is 0. The van der Waals surface area contributed by atoms with E-state index in [1.54, 1.807) is 0 Å². The second-order valence-corrected chi connectivity index (χ2v) is 8.31. The van der Waals surface area contributed by atoms with E-state index < -0.39 is 0 Å². The summed E-state index contributed by atoms with van der Waals surface area (Å²) in [6.07, 6.45) is 11.4. The van der Waals surface area contributed by atoms with Gasteiger partial charge in [0.15, 0.2) is 0 Å². The van der Waals surface area contributed by atoms with Crippen LogP contribution < -0.4 is 0 Å². The van der Waals surface area contributed by atoms with E-state index in [9.17, 15) is 0 Å². The number of hydrogen-bond donors (Lipinski definition) is 0. The smallest absolute Gasteiger partial charge is 0.128 e. The average molecular weight is 405 g/mol. The molecule has 2 heteroatoms. The zero-order chi connectivity index (χ0) is 20.9. The Labute approximate surface area is 185 Å². The van der Waals surface area contributed by atoms with Crippen LogP contribution in [0.1, 0.15) is 29.5 Å². The first-order valence-electron chi connectivity index (χ1n) is 11.2. The molecule has 1 saturated heterocycles. The molecule has 0 amide bonds. The van der Waals surface area contributed by atoms with Crippen molar-refractivity contribution in [1.82, 2.24) is 4.90 Å². The number of benzene rings is 3. The van der Waals surface area contributed by atoms with Gasteiger partial charge in [-0.2, -0.15) is 0 Å². The van der Waals surface area contributed by atoms with Crippen LogP contribution in [-0.4, -0.2) is 24.2 Å². The van der Waals surface area contributed by atoms with Crippen LogP contribution in [0.3, 0.4) is 0 Å². The van der Waals surface area contributed by atoms with Gasteiger partial charge in [0, 0.05) is 25.2 Å². The Morgan fingerprint density at radius 1 is 0.677 bits per heavy atom. The monoisotopic (exact) mass is 404 g/mol. The number of nitrogens with zero attached hydrogens (tertiary/aromatic N) is 2. The lowest BCUT2D eigenvalue weighted by molar-refractivity contribution is 0.422. The largest absolute Gasteiger partial charge is 0.357 e. The number of likely N-dealkylation sites (tertiary alicyclic amines) is 1. The first-order chi connectivity index (χ1) is 15.4. The average Bonchev–Trinajstić information content (AvgIpc) is 3.27. The van der Waals surface area contributed by atoms with E-state index in [2.05, 4.69) is 120 Å². The maximum atomic E-state index is 5.03. The third kappa shape index (κ3) is 3.63. The molecule has 3 aromatic carbocycles. The number of aliphatic imine (C=N–C) groups is 1. The lowest BCUT2D eigenvalue weighted by atomic mass is 9.62. The zero-order valence-electron chi connectivity index (χ0n) is 17.8. The van der Waals surface area contributed by atoms with Crippen LogP contribution in [0.25, 0.3) is 0 Å². The van der Waals surface area contributed by atoms with E-state index in [4.69, 9.17) is 4.99 Å². The molecular weight excluding hydrogens is 376 g/mol. The van der Waals surface area contributed by atoms with E-state index >= 15 is 0 Å². The molecule has 1 atom stereocenters. The SMILES string of the molecule is C1=CC(C(c2ccccc2)(c2ccccc2)c2ccccc2)C=NC(N2CCCC2)=C1. The van der Waals surface area contributed by atoms with Crippen LogP contribution in [0.5, 0.6) is 0 Å². The molecule has 2 aliphatic heterocycles. The van der Waals surface area contributed by atoms with Crippen molar-refractivity contribution in [3.8, 4) is 0 Å². The van der Waals surface area contributed by atoms with Gasteiger partial charge in [-0.3, -0.25) is 0 Å². The highest BCUT2D eigenvalue weighted by molar-refractivity contribution is 5.73. The summed E-state index contributed by atoms with van der Waals surface area (Å²) < 4.78 is 0. The van der Waals surface area contributed by atoms with Crippen LogP contribution in [0.4, 0.5) is 0 Å². The number of hydrogen-bond acceptors (Lipinski definition) is 2. The fourth-order valence-corrected chi connectivity index (χ4v) is 5.08. The number of rotatable bonds is 5. The second-order valence-electron chi connectivity index (χ2n) is 8.31. The third-order valence-corrected chi connectivity index (χ3v) is 6.55. The van der Waals surface area contributed by atoms with Gasteiger partial charge in [0.2, 0.25) is 0 Å². The lowest BCUT2D eigenvalue weighted by Crippen LogP contribution is -2.38. The summed E-state index contributed by atoms with van der Waals surface area (Å²) in [5, 5.41) is 0. The Hall–Kier alpha value is -3.39. The Kier molecular flexibility index (Phi) is 5.54. The fourth-order valence-electron chi connectivity index (χ4n) is 5.08. The van der Waals surface area contributed by atoms with E-state index in [1.165, 1.54) is 29.5 Å². The summed E-state index contributed by atoms with van der Waals surface area (Å²) >= 11 is 0. The quantitative estimate of drug-likeness (QED) is 0.461. The van der Waals surface area contributed by atoms with Crippen LogP contribution in [0, 0.1) is 5.92 Å². The normalized spacial score (nSPS) is 18.6. The fraction of sp³-hybridized carbons (Fsp3) is 0.207. The van der Waals surface area contributed by atoms with E-state index in [0.717, 1.165) is 18.9 Å². The predicted octanol–water partition coefficient (Wildman–Crippen LogP) is 6.22. The molecule has 2 nitrogen and oxygen atoms in total. The highest BCUT2D eigenvalue weighted by Crippen LogP contribution is 2.45. The van der Waals surface area contributed by atoms with Crippen LogP contribution in [0.15, 0.2) is 120 Å². The molecular formula is C29H28N2. The summed E-state index contributed by atoms with van der Waals surface area (Å²) in [5.74, 6) is 1.16. The second kappa shape index (κ2) is 8.77. The maximum Gasteiger partial charge on any atom is 0.128 e. The van der Waals surface area contributed by atoms with E-state index in [1.807, 2.05) is 0 Å². The molecule has 5 rings (SSSR count). The van der Waals surface area contributed by atoms with Gasteiger partial charge in [-0.1, -0.05) is 103 Å². The van der Waals surface area contributed by atoms with Crippen molar-refractivity contribution in [3.05, 3.63) is 132 Å². The molecule has 1 unspecified atom stereocenters. The Morgan fingerprint density at radius 3 is 1.65 bits per heavy atom. The Bertz CT molecular complexity index is 979. The minimum Gasteiger partial charge on any atom is -0.357 e. The molecule has 3 aromatic rings. The molecule has 0 bridgehead atoms. The van der Waals surface area contributed by atoms with Gasteiger partial charge in [0.25, 0.3) is 0 Å². The maximum absolute atomic E-state index is 5.03. The Morgan fingerprint density at radius 2 is 1.16 bits per heavy atom. The highest BCUT2D eigenvalue weighted by atomic mass is 15.2. The molecule has 0 saturated carbocycles. The molecule has 1 fully saturated rings. The van der Waals surface area contributed by atoms with Gasteiger partial charge < -0.3 is 4.90 Å². The molecule has 0 N–H and O–H groups in total. The van der Waals surface area contributed by atoms with Crippen molar-refractivity contribution in [2.45, 2.75) is 18.3 Å². The Balaban J connectivity index is 1.70. The standard InChI is InChI=1S/C29H28N2/c1-4-13-24(14-5-1)29(25-15-6-2-7-16-25,26-17-8-3-9-18-26)27-19-12-20-28(30-23-27)31-21-10-11-22-31/h1-9,12-20,23,27H,10-11,21-22H2. The van der Waals surface area contributed by atoms with Crippen molar-refractivity contribution in [2.75, 3.05) is 13.1 Å². The molecule has 2 aliphatic rings. The van der Waals surface area contributed by atoms with Crippen molar-refractivity contribution >= 4 is 6.21 Å². The molecule has 0 aromatic heterocycles. The molecule has 0 radical (unpaired) electrons. The summed E-state index contributed by atoms with van der Waals surface area (Å²) in [6.45, 7) is 2.20. The zero-order valence-corrected chi connectivity index (χ0v) is 17.8. The van der Waals surface area contributed by atoms with Crippen molar-refractivity contribution in [2.24, 2.45) is 10.9 Å².